The Hall–Kier alpha value is -2.63. The fourth-order valence-electron chi connectivity index (χ4n) is 4.56. The number of para-hydroxylation sites is 1. The van der Waals surface area contributed by atoms with E-state index in [9.17, 15) is 23.5 Å². The molecule has 34 heavy (non-hydrogen) atoms. The Kier molecular flexibility index (Phi) is 7.59. The predicted molar refractivity (Wildman–Crippen MR) is 130 cm³/mol. The minimum atomic E-state index is -4.86. The third-order valence-corrected chi connectivity index (χ3v) is 7.06. The molecule has 1 aliphatic carbocycles. The molecule has 0 amide bonds. The van der Waals surface area contributed by atoms with Crippen molar-refractivity contribution >= 4 is 22.7 Å². The third-order valence-electron chi connectivity index (χ3n) is 6.33. The van der Waals surface area contributed by atoms with Gasteiger partial charge in [0.05, 0.1) is 12.7 Å². The fraction of sp³-hybridized carbons (Fsp3) is 0.423. The van der Waals surface area contributed by atoms with Crippen LogP contribution >= 0.6 is 11.8 Å². The number of nitrogens with one attached hydrogen (secondary N) is 1. The zero-order chi connectivity index (χ0) is 25.1. The highest BCUT2D eigenvalue weighted by Gasteiger charge is 2.55. The molecule has 1 unspecified atom stereocenters. The van der Waals surface area contributed by atoms with Gasteiger partial charge in [0.25, 0.3) is 0 Å². The molecule has 3 rings (SSSR count). The summed E-state index contributed by atoms with van der Waals surface area (Å²) < 4.78 is 48.4. The van der Waals surface area contributed by atoms with Crippen molar-refractivity contribution in [3.63, 3.8) is 0 Å². The summed E-state index contributed by atoms with van der Waals surface area (Å²) in [5.74, 6) is 0.581. The number of aromatic nitrogens is 1. The van der Waals surface area contributed by atoms with Crippen molar-refractivity contribution in [2.45, 2.75) is 51.3 Å². The monoisotopic (exact) mass is 490 g/mol. The molecular formula is C26H29F3N2O2S. The molecular weight excluding hydrogens is 461 g/mol. The molecule has 1 heterocycles. The number of aromatic amines is 1. The molecule has 4 nitrogen and oxygen atoms in total. The van der Waals surface area contributed by atoms with Gasteiger partial charge in [0.2, 0.25) is 0 Å². The molecule has 0 radical (unpaired) electrons. The second-order valence-corrected chi connectivity index (χ2v) is 10.0. The number of rotatable bonds is 8. The molecule has 0 bridgehead atoms. The Balaban J connectivity index is 1.96. The summed E-state index contributed by atoms with van der Waals surface area (Å²) in [6.45, 7) is 3.39. The Morgan fingerprint density at radius 3 is 2.56 bits per heavy atom. The molecule has 0 fully saturated rings. The largest absolute Gasteiger partial charge is 0.500 e. The number of hydrogen-bond acceptors (Lipinski definition) is 4. The summed E-state index contributed by atoms with van der Waals surface area (Å²) in [5, 5.41) is 21.3. The van der Waals surface area contributed by atoms with E-state index in [4.69, 9.17) is 4.74 Å². The molecule has 1 aromatic carbocycles. The van der Waals surface area contributed by atoms with E-state index in [0.717, 1.165) is 4.91 Å². The molecule has 1 aliphatic rings. The lowest BCUT2D eigenvalue weighted by molar-refractivity contribution is -0.270. The van der Waals surface area contributed by atoms with Crippen LogP contribution in [0.15, 0.2) is 58.7 Å². The van der Waals surface area contributed by atoms with Crippen LogP contribution in [0.1, 0.15) is 44.4 Å². The number of allylic oxidation sites excluding steroid dienone is 4. The summed E-state index contributed by atoms with van der Waals surface area (Å²) in [6, 6.07) is 9.17. The zero-order valence-electron chi connectivity index (χ0n) is 19.7. The van der Waals surface area contributed by atoms with Crippen LogP contribution in [0.2, 0.25) is 0 Å². The number of fused-ring (bicyclic) bond motifs is 1. The highest BCUT2D eigenvalue weighted by molar-refractivity contribution is 8.02. The normalized spacial score (nSPS) is 16.7. The van der Waals surface area contributed by atoms with Crippen LogP contribution in [0.25, 0.3) is 10.9 Å². The van der Waals surface area contributed by atoms with Crippen molar-refractivity contribution in [1.82, 2.24) is 4.98 Å². The van der Waals surface area contributed by atoms with Crippen LogP contribution in [0.3, 0.4) is 0 Å². The maximum absolute atomic E-state index is 14.3. The van der Waals surface area contributed by atoms with Crippen LogP contribution in [0.4, 0.5) is 13.2 Å². The Morgan fingerprint density at radius 1 is 1.24 bits per heavy atom. The summed E-state index contributed by atoms with van der Waals surface area (Å²) in [6.07, 6.45) is 1.94. The first-order valence-electron chi connectivity index (χ1n) is 10.9. The van der Waals surface area contributed by atoms with Crippen molar-refractivity contribution in [1.29, 1.82) is 5.26 Å². The van der Waals surface area contributed by atoms with Gasteiger partial charge in [0.15, 0.2) is 5.60 Å². The van der Waals surface area contributed by atoms with E-state index < -0.39 is 30.0 Å². The Bertz CT molecular complexity index is 1180. The van der Waals surface area contributed by atoms with Crippen molar-refractivity contribution in [2.24, 2.45) is 5.41 Å². The lowest BCUT2D eigenvalue weighted by atomic mass is 9.72. The lowest BCUT2D eigenvalue weighted by Crippen LogP contribution is -2.49. The number of H-pyrrole nitrogens is 1. The zero-order valence-corrected chi connectivity index (χ0v) is 20.5. The molecule has 2 aromatic rings. The van der Waals surface area contributed by atoms with Gasteiger partial charge in [-0.05, 0) is 48.6 Å². The van der Waals surface area contributed by atoms with Gasteiger partial charge in [-0.2, -0.15) is 18.4 Å². The van der Waals surface area contributed by atoms with Crippen molar-refractivity contribution < 1.29 is 23.0 Å². The van der Waals surface area contributed by atoms with Crippen molar-refractivity contribution in [3.05, 3.63) is 70.0 Å². The standard InChI is InChI=1S/C26H29F3N2O2S/c1-24(2,20-14-17(34-4)8-7-11-23(20)33-3)16-25(32,26(27,28)29)13-12-22-19(15-30)18-9-5-6-10-21(18)31-22/h5-10,14,31-32H,11-13,16H2,1-4H3. The fourth-order valence-corrected chi connectivity index (χ4v) is 5.03. The number of methoxy groups -OCH3 is 1. The van der Waals surface area contributed by atoms with E-state index in [1.165, 1.54) is 18.9 Å². The molecule has 8 heteroatoms. The molecule has 0 saturated carbocycles. The van der Waals surface area contributed by atoms with Gasteiger partial charge in [-0.3, -0.25) is 0 Å². The SMILES string of the molecule is COC1=C(C(C)(C)CC(O)(CCc2[nH]c3ccccc3c2C#N)C(F)(F)F)C=C(SC)C=CC1. The summed E-state index contributed by atoms with van der Waals surface area (Å²) in [7, 11) is 1.51. The van der Waals surface area contributed by atoms with Gasteiger partial charge < -0.3 is 14.8 Å². The first-order chi connectivity index (χ1) is 16.0. The van der Waals surface area contributed by atoms with Gasteiger partial charge in [-0.25, -0.2) is 0 Å². The molecule has 182 valence electrons. The van der Waals surface area contributed by atoms with E-state index in [-0.39, 0.29) is 6.42 Å². The molecule has 1 atom stereocenters. The van der Waals surface area contributed by atoms with E-state index in [2.05, 4.69) is 11.1 Å². The second kappa shape index (κ2) is 9.93. The quantitative estimate of drug-likeness (QED) is 0.428. The molecule has 0 saturated heterocycles. The second-order valence-electron chi connectivity index (χ2n) is 9.12. The molecule has 2 N–H and O–H groups in total. The smallest absolute Gasteiger partial charge is 0.417 e. The number of aryl methyl sites for hydroxylation is 1. The highest BCUT2D eigenvalue weighted by Crippen LogP contribution is 2.47. The topological polar surface area (TPSA) is 69.0 Å². The summed E-state index contributed by atoms with van der Waals surface area (Å²) in [5.41, 5.74) is -1.98. The molecule has 1 aromatic heterocycles. The van der Waals surface area contributed by atoms with E-state index >= 15 is 0 Å². The first-order valence-corrected chi connectivity index (χ1v) is 12.2. The maximum Gasteiger partial charge on any atom is 0.417 e. The number of aliphatic hydroxyl groups is 1. The average molecular weight is 491 g/mol. The van der Waals surface area contributed by atoms with Gasteiger partial charge in [0.1, 0.15) is 11.8 Å². The predicted octanol–water partition coefficient (Wildman–Crippen LogP) is 6.79. The van der Waals surface area contributed by atoms with Crippen LogP contribution in [-0.2, 0) is 11.2 Å². The van der Waals surface area contributed by atoms with E-state index in [1.807, 2.05) is 24.5 Å². The summed E-state index contributed by atoms with van der Waals surface area (Å²) in [4.78, 5) is 3.96. The van der Waals surface area contributed by atoms with Gasteiger partial charge in [-0.1, -0.05) is 44.2 Å². The van der Waals surface area contributed by atoms with Gasteiger partial charge >= 0.3 is 6.18 Å². The molecule has 0 spiro atoms. The van der Waals surface area contributed by atoms with Crippen LogP contribution in [0.5, 0.6) is 0 Å². The third kappa shape index (κ3) is 5.21. The lowest BCUT2D eigenvalue weighted by Gasteiger charge is -2.39. The number of nitrogens with zero attached hydrogens (tertiary/aromatic N) is 1. The van der Waals surface area contributed by atoms with Crippen molar-refractivity contribution in [2.75, 3.05) is 13.4 Å². The van der Waals surface area contributed by atoms with Gasteiger partial charge in [0, 0.05) is 27.9 Å². The van der Waals surface area contributed by atoms with E-state index in [1.54, 1.807) is 38.1 Å². The van der Waals surface area contributed by atoms with Crippen LogP contribution < -0.4 is 0 Å². The number of halogens is 3. The van der Waals surface area contributed by atoms with Gasteiger partial charge in [-0.15, -0.1) is 11.8 Å². The Morgan fingerprint density at radius 2 is 1.94 bits per heavy atom. The van der Waals surface area contributed by atoms with Crippen LogP contribution in [0, 0.1) is 16.7 Å². The molecule has 0 aliphatic heterocycles. The number of nitriles is 1. The number of ether oxygens (including phenoxy) is 1. The highest BCUT2D eigenvalue weighted by atomic mass is 32.2. The van der Waals surface area contributed by atoms with Crippen LogP contribution in [-0.4, -0.2) is 35.2 Å². The Labute approximate surface area is 202 Å². The minimum absolute atomic E-state index is 0.118. The van der Waals surface area contributed by atoms with Crippen molar-refractivity contribution in [3.8, 4) is 6.07 Å². The number of alkyl halides is 3. The first kappa shape index (κ1) is 26.0. The van der Waals surface area contributed by atoms with E-state index in [0.29, 0.717) is 39.9 Å². The number of thioether (sulfide) groups is 1. The maximum atomic E-state index is 14.3. The average Bonchev–Trinajstić information content (AvgIpc) is 2.99. The summed E-state index contributed by atoms with van der Waals surface area (Å²) >= 11 is 1.49. The number of hydrogen-bond donors (Lipinski definition) is 2. The minimum Gasteiger partial charge on any atom is -0.500 e. The number of benzene rings is 1.